The number of hydrogen-bond donors (Lipinski definition) is 1. The molecule has 1 amide bonds. The SMILES string of the molecule is COc1ccc(C(=O)OCC(=O)Nc2cc(S(C)(=O)=O)ccc2Cl)cc1OC. The lowest BCUT2D eigenvalue weighted by atomic mass is 10.2. The monoisotopic (exact) mass is 427 g/mol. The molecular weight excluding hydrogens is 410 g/mol. The van der Waals surface area contributed by atoms with Gasteiger partial charge in [0.05, 0.1) is 35.4 Å². The highest BCUT2D eigenvalue weighted by molar-refractivity contribution is 7.90. The van der Waals surface area contributed by atoms with Gasteiger partial charge >= 0.3 is 5.97 Å². The quantitative estimate of drug-likeness (QED) is 0.676. The molecule has 0 spiro atoms. The van der Waals surface area contributed by atoms with Crippen LogP contribution in [0, 0.1) is 0 Å². The van der Waals surface area contributed by atoms with E-state index in [1.807, 2.05) is 0 Å². The summed E-state index contributed by atoms with van der Waals surface area (Å²) in [6, 6.07) is 8.32. The van der Waals surface area contributed by atoms with Gasteiger partial charge in [0.15, 0.2) is 27.9 Å². The number of sulfone groups is 1. The van der Waals surface area contributed by atoms with Crippen LogP contribution in [0.4, 0.5) is 5.69 Å². The van der Waals surface area contributed by atoms with Crippen LogP contribution in [-0.2, 0) is 19.4 Å². The second-order valence-corrected chi connectivity index (χ2v) is 8.03. The van der Waals surface area contributed by atoms with E-state index in [1.54, 1.807) is 0 Å². The topological polar surface area (TPSA) is 108 Å². The van der Waals surface area contributed by atoms with Gasteiger partial charge in [-0.1, -0.05) is 11.6 Å². The Morgan fingerprint density at radius 1 is 1.04 bits per heavy atom. The normalized spacial score (nSPS) is 10.9. The average Bonchev–Trinajstić information content (AvgIpc) is 2.66. The van der Waals surface area contributed by atoms with E-state index >= 15 is 0 Å². The molecule has 1 N–H and O–H groups in total. The number of halogens is 1. The number of nitrogens with one attached hydrogen (secondary N) is 1. The summed E-state index contributed by atoms with van der Waals surface area (Å²) in [4.78, 5) is 24.2. The highest BCUT2D eigenvalue weighted by Crippen LogP contribution is 2.28. The van der Waals surface area contributed by atoms with Crippen molar-refractivity contribution in [3.8, 4) is 11.5 Å². The molecule has 0 atom stereocenters. The maximum Gasteiger partial charge on any atom is 0.338 e. The smallest absolute Gasteiger partial charge is 0.338 e. The van der Waals surface area contributed by atoms with Crippen molar-refractivity contribution in [1.82, 2.24) is 0 Å². The van der Waals surface area contributed by atoms with E-state index in [4.69, 9.17) is 25.8 Å². The fourth-order valence-electron chi connectivity index (χ4n) is 2.19. The van der Waals surface area contributed by atoms with Gasteiger partial charge in [0.25, 0.3) is 5.91 Å². The summed E-state index contributed by atoms with van der Waals surface area (Å²) in [6.07, 6.45) is 1.03. The Labute approximate surface area is 167 Å². The van der Waals surface area contributed by atoms with Crippen LogP contribution in [0.25, 0.3) is 0 Å². The summed E-state index contributed by atoms with van der Waals surface area (Å²) in [5.74, 6) is -0.642. The average molecular weight is 428 g/mol. The summed E-state index contributed by atoms with van der Waals surface area (Å²) in [5, 5.41) is 2.56. The van der Waals surface area contributed by atoms with E-state index in [0.717, 1.165) is 6.26 Å². The molecule has 0 heterocycles. The number of methoxy groups -OCH3 is 2. The summed E-state index contributed by atoms with van der Waals surface area (Å²) in [7, 11) is -0.582. The number of hydrogen-bond acceptors (Lipinski definition) is 7. The van der Waals surface area contributed by atoms with E-state index in [2.05, 4.69) is 5.32 Å². The predicted molar refractivity (Wildman–Crippen MR) is 103 cm³/mol. The number of carbonyl (C=O) groups is 2. The Morgan fingerprint density at radius 2 is 1.71 bits per heavy atom. The molecule has 0 fully saturated rings. The largest absolute Gasteiger partial charge is 0.493 e. The third-order valence-electron chi connectivity index (χ3n) is 3.59. The first-order valence-electron chi connectivity index (χ1n) is 7.84. The van der Waals surface area contributed by atoms with Crippen molar-refractivity contribution in [3.63, 3.8) is 0 Å². The molecule has 0 unspecified atom stereocenters. The van der Waals surface area contributed by atoms with Gasteiger partial charge in [0.1, 0.15) is 0 Å². The van der Waals surface area contributed by atoms with Crippen LogP contribution in [0.3, 0.4) is 0 Å². The molecule has 0 radical (unpaired) electrons. The van der Waals surface area contributed by atoms with Crippen molar-refractivity contribution in [2.24, 2.45) is 0 Å². The van der Waals surface area contributed by atoms with Gasteiger partial charge in [-0.05, 0) is 36.4 Å². The molecule has 0 saturated heterocycles. The Bertz CT molecular complexity index is 1000. The fraction of sp³-hybridized carbons (Fsp3) is 0.222. The molecule has 8 nitrogen and oxygen atoms in total. The second-order valence-electron chi connectivity index (χ2n) is 5.61. The van der Waals surface area contributed by atoms with Crippen molar-refractivity contribution in [2.75, 3.05) is 32.4 Å². The van der Waals surface area contributed by atoms with Crippen molar-refractivity contribution in [2.45, 2.75) is 4.90 Å². The Balaban J connectivity index is 2.04. The lowest BCUT2D eigenvalue weighted by Crippen LogP contribution is -2.21. The molecule has 28 heavy (non-hydrogen) atoms. The first-order chi connectivity index (χ1) is 13.2. The van der Waals surface area contributed by atoms with Gasteiger partial charge in [-0.3, -0.25) is 4.79 Å². The predicted octanol–water partition coefficient (Wildman–Crippen LogP) is 2.56. The first-order valence-corrected chi connectivity index (χ1v) is 10.1. The molecule has 0 aromatic heterocycles. The number of rotatable bonds is 7. The first kappa shape index (κ1) is 21.5. The molecular formula is C18H18ClNO7S. The third kappa shape index (κ3) is 5.37. The zero-order valence-corrected chi connectivity index (χ0v) is 16.9. The van der Waals surface area contributed by atoms with Crippen molar-refractivity contribution < 1.29 is 32.2 Å². The number of benzene rings is 2. The summed E-state index contributed by atoms with van der Waals surface area (Å²) in [6.45, 7) is -0.591. The molecule has 2 aromatic rings. The summed E-state index contributed by atoms with van der Waals surface area (Å²) >= 11 is 5.97. The van der Waals surface area contributed by atoms with E-state index in [9.17, 15) is 18.0 Å². The van der Waals surface area contributed by atoms with E-state index in [0.29, 0.717) is 11.5 Å². The number of carbonyl (C=O) groups excluding carboxylic acids is 2. The van der Waals surface area contributed by atoms with E-state index in [1.165, 1.54) is 50.6 Å². The molecule has 0 saturated carbocycles. The van der Waals surface area contributed by atoms with Crippen molar-refractivity contribution >= 4 is 39.0 Å². The number of ether oxygens (including phenoxy) is 3. The second kappa shape index (κ2) is 8.94. The molecule has 150 valence electrons. The standard InChI is InChI=1S/C18H18ClNO7S/c1-25-15-7-4-11(8-16(15)26-2)18(22)27-10-17(21)20-14-9-12(28(3,23)24)5-6-13(14)19/h4-9H,10H2,1-3H3,(H,20,21). The van der Waals surface area contributed by atoms with Crippen LogP contribution in [0.1, 0.15) is 10.4 Å². The van der Waals surface area contributed by atoms with Gasteiger partial charge < -0.3 is 19.5 Å². The molecule has 2 aromatic carbocycles. The van der Waals surface area contributed by atoms with Gasteiger partial charge in [-0.2, -0.15) is 0 Å². The Kier molecular flexibility index (Phi) is 6.87. The van der Waals surface area contributed by atoms with Crippen LogP contribution in [0.2, 0.25) is 5.02 Å². The molecule has 0 bridgehead atoms. The lowest BCUT2D eigenvalue weighted by molar-refractivity contribution is -0.119. The van der Waals surface area contributed by atoms with Crippen LogP contribution in [0.5, 0.6) is 11.5 Å². The molecule has 0 aliphatic carbocycles. The van der Waals surface area contributed by atoms with Gasteiger partial charge in [-0.15, -0.1) is 0 Å². The maximum absolute atomic E-state index is 12.1. The minimum Gasteiger partial charge on any atom is -0.493 e. The van der Waals surface area contributed by atoms with Gasteiger partial charge in [0, 0.05) is 6.26 Å². The van der Waals surface area contributed by atoms with Crippen molar-refractivity contribution in [1.29, 1.82) is 0 Å². The lowest BCUT2D eigenvalue weighted by Gasteiger charge is -2.11. The van der Waals surface area contributed by atoms with Gasteiger partial charge in [0.2, 0.25) is 0 Å². The van der Waals surface area contributed by atoms with Crippen LogP contribution in [-0.4, -0.2) is 47.4 Å². The number of anilines is 1. The zero-order valence-electron chi connectivity index (χ0n) is 15.3. The minimum atomic E-state index is -3.47. The number of amides is 1. The molecule has 0 aliphatic heterocycles. The highest BCUT2D eigenvalue weighted by Gasteiger charge is 2.16. The highest BCUT2D eigenvalue weighted by atomic mass is 35.5. The zero-order chi connectivity index (χ0) is 20.9. The van der Waals surface area contributed by atoms with Crippen LogP contribution in [0.15, 0.2) is 41.3 Å². The summed E-state index contributed by atoms with van der Waals surface area (Å²) < 4.78 is 38.4. The number of esters is 1. The molecule has 0 aliphatic rings. The van der Waals surface area contributed by atoms with Crippen molar-refractivity contribution in [3.05, 3.63) is 47.0 Å². The summed E-state index contributed by atoms with van der Waals surface area (Å²) in [5.41, 5.74) is 0.263. The minimum absolute atomic E-state index is 0.00507. The third-order valence-corrected chi connectivity index (χ3v) is 5.03. The molecule has 10 heteroatoms. The van der Waals surface area contributed by atoms with Crippen LogP contribution >= 0.6 is 11.6 Å². The maximum atomic E-state index is 12.1. The van der Waals surface area contributed by atoms with E-state index in [-0.39, 0.29) is 21.2 Å². The van der Waals surface area contributed by atoms with Gasteiger partial charge in [-0.25, -0.2) is 13.2 Å². The Morgan fingerprint density at radius 3 is 2.32 bits per heavy atom. The Hall–Kier alpha value is -2.78. The van der Waals surface area contributed by atoms with E-state index < -0.39 is 28.3 Å². The molecule has 2 rings (SSSR count). The fourth-order valence-corrected chi connectivity index (χ4v) is 3.01. The van der Waals surface area contributed by atoms with Crippen LogP contribution < -0.4 is 14.8 Å².